The van der Waals surface area contributed by atoms with Crippen LogP contribution in [0, 0.1) is 0 Å². The number of methoxy groups -OCH3 is 2. The molecule has 0 saturated carbocycles. The lowest BCUT2D eigenvalue weighted by Crippen LogP contribution is -2.51. The minimum absolute atomic E-state index is 0.107. The maximum Gasteiger partial charge on any atom is 0.325 e. The summed E-state index contributed by atoms with van der Waals surface area (Å²) in [4.78, 5) is 38.4. The van der Waals surface area contributed by atoms with Crippen molar-refractivity contribution in [3.05, 3.63) is 59.7 Å². The van der Waals surface area contributed by atoms with Crippen molar-refractivity contribution in [3.63, 3.8) is 0 Å². The van der Waals surface area contributed by atoms with Gasteiger partial charge < -0.3 is 14.8 Å². The van der Waals surface area contributed by atoms with Crippen LogP contribution in [0.1, 0.15) is 11.1 Å². The molecule has 0 aliphatic carbocycles. The number of benzene rings is 2. The second-order valence-corrected chi connectivity index (χ2v) is 6.65. The van der Waals surface area contributed by atoms with Crippen LogP contribution in [-0.2, 0) is 27.3 Å². The van der Waals surface area contributed by atoms with E-state index in [9.17, 15) is 14.4 Å². The van der Waals surface area contributed by atoms with Gasteiger partial charge in [-0.3, -0.25) is 19.8 Å². The SMILES string of the molecule is COC(=O)[C@@H]1Cc2ccccc2CN1CC(=O)NC(=O)Nc1ccc(OC)cc1. The van der Waals surface area contributed by atoms with Gasteiger partial charge in [0.25, 0.3) is 0 Å². The zero-order valence-electron chi connectivity index (χ0n) is 16.3. The zero-order chi connectivity index (χ0) is 20.8. The fourth-order valence-corrected chi connectivity index (χ4v) is 3.30. The molecule has 0 unspecified atom stereocenters. The maximum absolute atomic E-state index is 12.4. The number of amides is 3. The van der Waals surface area contributed by atoms with E-state index in [0.717, 1.165) is 11.1 Å². The van der Waals surface area contributed by atoms with Crippen LogP contribution in [0.2, 0.25) is 0 Å². The molecule has 1 aliphatic heterocycles. The quantitative estimate of drug-likeness (QED) is 0.749. The van der Waals surface area contributed by atoms with Crippen LogP contribution in [0.5, 0.6) is 5.75 Å². The molecule has 0 saturated heterocycles. The third-order valence-corrected chi connectivity index (χ3v) is 4.77. The van der Waals surface area contributed by atoms with Crippen molar-refractivity contribution < 1.29 is 23.9 Å². The van der Waals surface area contributed by atoms with Crippen molar-refractivity contribution in [2.24, 2.45) is 0 Å². The summed E-state index contributed by atoms with van der Waals surface area (Å²) in [6.45, 7) is 0.313. The molecule has 2 aromatic carbocycles. The molecule has 3 rings (SSSR count). The Balaban J connectivity index is 1.61. The molecule has 1 heterocycles. The zero-order valence-corrected chi connectivity index (χ0v) is 16.3. The highest BCUT2D eigenvalue weighted by molar-refractivity contribution is 6.01. The van der Waals surface area contributed by atoms with Gasteiger partial charge in [-0.2, -0.15) is 0 Å². The Labute approximate surface area is 168 Å². The van der Waals surface area contributed by atoms with E-state index in [1.807, 2.05) is 24.3 Å². The number of hydrogen-bond acceptors (Lipinski definition) is 6. The topological polar surface area (TPSA) is 97.0 Å². The number of nitrogens with one attached hydrogen (secondary N) is 2. The molecule has 1 aliphatic rings. The van der Waals surface area contributed by atoms with Gasteiger partial charge in [0.05, 0.1) is 20.8 Å². The number of esters is 1. The summed E-state index contributed by atoms with van der Waals surface area (Å²) < 4.78 is 9.95. The van der Waals surface area contributed by atoms with E-state index < -0.39 is 23.9 Å². The molecule has 2 N–H and O–H groups in total. The van der Waals surface area contributed by atoms with Crippen molar-refractivity contribution in [2.75, 3.05) is 26.1 Å². The molecule has 0 spiro atoms. The summed E-state index contributed by atoms with van der Waals surface area (Å²) in [5.74, 6) is -0.259. The fourth-order valence-electron chi connectivity index (χ4n) is 3.30. The summed E-state index contributed by atoms with van der Waals surface area (Å²) in [5.41, 5.74) is 2.62. The number of imide groups is 1. The Morgan fingerprint density at radius 3 is 2.38 bits per heavy atom. The van der Waals surface area contributed by atoms with Crippen LogP contribution in [0.15, 0.2) is 48.5 Å². The van der Waals surface area contributed by atoms with E-state index in [0.29, 0.717) is 24.4 Å². The normalized spacial score (nSPS) is 15.7. The number of rotatable bonds is 5. The molecule has 1 atom stereocenters. The summed E-state index contributed by atoms with van der Waals surface area (Å²) in [5, 5.41) is 4.88. The van der Waals surface area contributed by atoms with Crippen LogP contribution in [0.25, 0.3) is 0 Å². The van der Waals surface area contributed by atoms with Gasteiger partial charge in [0.1, 0.15) is 11.8 Å². The van der Waals surface area contributed by atoms with E-state index in [1.165, 1.54) is 7.11 Å². The van der Waals surface area contributed by atoms with Crippen molar-refractivity contribution in [3.8, 4) is 5.75 Å². The molecule has 0 bridgehead atoms. The average Bonchev–Trinajstić information content (AvgIpc) is 2.73. The fraction of sp³-hybridized carbons (Fsp3) is 0.286. The lowest BCUT2D eigenvalue weighted by Gasteiger charge is -2.34. The summed E-state index contributed by atoms with van der Waals surface area (Å²) in [6.07, 6.45) is 0.453. The number of nitrogens with zero attached hydrogens (tertiary/aromatic N) is 1. The van der Waals surface area contributed by atoms with Crippen molar-refractivity contribution in [1.82, 2.24) is 10.2 Å². The van der Waals surface area contributed by atoms with Gasteiger partial charge in [-0.25, -0.2) is 4.79 Å². The molecule has 0 radical (unpaired) electrons. The predicted molar refractivity (Wildman–Crippen MR) is 107 cm³/mol. The first kappa shape index (κ1) is 20.3. The number of carbonyl (C=O) groups excluding carboxylic acids is 3. The largest absolute Gasteiger partial charge is 0.497 e. The van der Waals surface area contributed by atoms with Crippen LogP contribution in [0.3, 0.4) is 0 Å². The average molecular weight is 397 g/mol. The lowest BCUT2D eigenvalue weighted by atomic mass is 9.94. The minimum atomic E-state index is -0.646. The van der Waals surface area contributed by atoms with Crippen molar-refractivity contribution in [2.45, 2.75) is 19.0 Å². The van der Waals surface area contributed by atoms with Crippen LogP contribution < -0.4 is 15.4 Å². The first-order valence-electron chi connectivity index (χ1n) is 9.13. The number of anilines is 1. The number of hydrogen-bond donors (Lipinski definition) is 2. The number of fused-ring (bicyclic) bond motifs is 1. The molecule has 3 amide bonds. The van der Waals surface area contributed by atoms with Crippen molar-refractivity contribution >= 4 is 23.6 Å². The Hall–Kier alpha value is -3.39. The van der Waals surface area contributed by atoms with E-state index >= 15 is 0 Å². The Morgan fingerprint density at radius 1 is 1.03 bits per heavy atom. The molecule has 152 valence electrons. The number of urea groups is 1. The molecule has 0 fully saturated rings. The molecule has 2 aromatic rings. The summed E-state index contributed by atoms with van der Waals surface area (Å²) in [7, 11) is 2.87. The summed E-state index contributed by atoms with van der Waals surface area (Å²) in [6, 6.07) is 13.3. The molecule has 29 heavy (non-hydrogen) atoms. The number of carbonyl (C=O) groups is 3. The van der Waals surface area contributed by atoms with Gasteiger partial charge in [-0.05, 0) is 41.8 Å². The van der Waals surface area contributed by atoms with Crippen molar-refractivity contribution in [1.29, 1.82) is 0 Å². The predicted octanol–water partition coefficient (Wildman–Crippen LogP) is 1.94. The van der Waals surface area contributed by atoms with Crippen LogP contribution in [0.4, 0.5) is 10.5 Å². The van der Waals surface area contributed by atoms with E-state index in [4.69, 9.17) is 9.47 Å². The van der Waals surface area contributed by atoms with Gasteiger partial charge in [0.2, 0.25) is 5.91 Å². The monoisotopic (exact) mass is 397 g/mol. The standard InChI is InChI=1S/C21H23N3O5/c1-28-17-9-7-16(8-10-17)22-21(27)23-19(25)13-24-12-15-6-4-3-5-14(15)11-18(24)20(26)29-2/h3-10,18H,11-13H2,1-2H3,(H2,22,23,25,27)/t18-/m0/s1. The van der Waals surface area contributed by atoms with E-state index in [-0.39, 0.29) is 6.54 Å². The molecule has 8 nitrogen and oxygen atoms in total. The second-order valence-electron chi connectivity index (χ2n) is 6.65. The molecule has 8 heteroatoms. The first-order chi connectivity index (χ1) is 14.0. The van der Waals surface area contributed by atoms with Crippen LogP contribution in [-0.4, -0.2) is 49.6 Å². The Bertz CT molecular complexity index is 897. The van der Waals surface area contributed by atoms with Gasteiger partial charge in [0.15, 0.2) is 0 Å². The lowest BCUT2D eigenvalue weighted by molar-refractivity contribution is -0.148. The van der Waals surface area contributed by atoms with Gasteiger partial charge in [-0.15, -0.1) is 0 Å². The summed E-state index contributed by atoms with van der Waals surface area (Å²) >= 11 is 0. The third kappa shape index (κ3) is 5.11. The highest BCUT2D eigenvalue weighted by Gasteiger charge is 2.33. The Kier molecular flexibility index (Phi) is 6.46. The van der Waals surface area contributed by atoms with E-state index in [1.54, 1.807) is 36.3 Å². The maximum atomic E-state index is 12.4. The first-order valence-corrected chi connectivity index (χ1v) is 9.13. The third-order valence-electron chi connectivity index (χ3n) is 4.77. The van der Waals surface area contributed by atoms with E-state index in [2.05, 4.69) is 10.6 Å². The smallest absolute Gasteiger partial charge is 0.325 e. The minimum Gasteiger partial charge on any atom is -0.497 e. The van der Waals surface area contributed by atoms with Gasteiger partial charge >= 0.3 is 12.0 Å². The second kappa shape index (κ2) is 9.20. The highest BCUT2D eigenvalue weighted by Crippen LogP contribution is 2.23. The number of ether oxygens (including phenoxy) is 2. The molecular weight excluding hydrogens is 374 g/mol. The van der Waals surface area contributed by atoms with Crippen LogP contribution >= 0.6 is 0 Å². The highest BCUT2D eigenvalue weighted by atomic mass is 16.5. The Morgan fingerprint density at radius 2 is 1.72 bits per heavy atom. The molecular formula is C21H23N3O5. The van der Waals surface area contributed by atoms with Gasteiger partial charge in [0, 0.05) is 12.2 Å². The molecule has 0 aromatic heterocycles. The van der Waals surface area contributed by atoms with Gasteiger partial charge in [-0.1, -0.05) is 24.3 Å².